The third kappa shape index (κ3) is 3.56. The summed E-state index contributed by atoms with van der Waals surface area (Å²) in [4.78, 5) is 14.1. The second kappa shape index (κ2) is 5.11. The van der Waals surface area contributed by atoms with Crippen molar-refractivity contribution in [3.63, 3.8) is 0 Å². The Hall–Kier alpha value is -2.11. The topological polar surface area (TPSA) is 90.7 Å². The molecule has 0 aromatic heterocycles. The van der Waals surface area contributed by atoms with Gasteiger partial charge in [-0.1, -0.05) is 6.07 Å². The lowest BCUT2D eigenvalue weighted by Crippen LogP contribution is -2.24. The Kier molecular flexibility index (Phi) is 3.82. The van der Waals surface area contributed by atoms with E-state index in [1.165, 1.54) is 12.1 Å². The Morgan fingerprint density at radius 1 is 1.50 bits per heavy atom. The number of aliphatic imine (C=N–C) groups is 1. The fourth-order valence-corrected chi connectivity index (χ4v) is 1.07. The van der Waals surface area contributed by atoms with E-state index in [1.807, 2.05) is 0 Å². The van der Waals surface area contributed by atoms with Crippen LogP contribution < -0.4 is 11.5 Å². The van der Waals surface area contributed by atoms with E-state index < -0.39 is 11.9 Å². The molecule has 1 aromatic carbocycles. The molecular weight excluding hydrogens is 213 g/mol. The molecule has 16 heavy (non-hydrogen) atoms. The van der Waals surface area contributed by atoms with Crippen LogP contribution in [0.15, 0.2) is 23.2 Å². The number of nitrogens with two attached hydrogens (primary N) is 2. The predicted octanol–water partition coefficient (Wildman–Crippen LogP) is 1.04. The zero-order valence-corrected chi connectivity index (χ0v) is 8.74. The van der Waals surface area contributed by atoms with E-state index in [0.29, 0.717) is 5.56 Å². The van der Waals surface area contributed by atoms with Crippen LogP contribution in [-0.2, 0) is 11.3 Å². The van der Waals surface area contributed by atoms with Crippen molar-refractivity contribution in [2.75, 3.05) is 0 Å². The van der Waals surface area contributed by atoms with Crippen LogP contribution in [0.4, 0.5) is 9.18 Å². The second-order valence-electron chi connectivity index (χ2n) is 3.16. The average Bonchev–Trinajstić information content (AvgIpc) is 2.18. The fraction of sp³-hybridized carbons (Fsp3) is 0.200. The molecule has 4 N–H and O–H groups in total. The van der Waals surface area contributed by atoms with Crippen LogP contribution in [0.5, 0.6) is 0 Å². The number of rotatable bonds is 2. The summed E-state index contributed by atoms with van der Waals surface area (Å²) in [5.74, 6) is -0.764. The highest BCUT2D eigenvalue weighted by Crippen LogP contribution is 2.11. The first-order valence-electron chi connectivity index (χ1n) is 4.50. The number of carbonyl (C=O) groups is 1. The molecule has 0 radical (unpaired) electrons. The van der Waals surface area contributed by atoms with E-state index in [2.05, 4.69) is 4.99 Å². The molecule has 0 saturated heterocycles. The molecule has 0 unspecified atom stereocenters. The molecule has 0 saturated carbocycles. The Labute approximate surface area is 91.9 Å². The Morgan fingerprint density at radius 3 is 2.81 bits per heavy atom. The maximum absolute atomic E-state index is 12.9. The molecule has 1 amide bonds. The number of ether oxygens (including phenoxy) is 1. The molecule has 6 heteroatoms. The van der Waals surface area contributed by atoms with E-state index in [9.17, 15) is 9.18 Å². The predicted molar refractivity (Wildman–Crippen MR) is 57.1 cm³/mol. The minimum Gasteiger partial charge on any atom is -0.443 e. The molecule has 86 valence electrons. The van der Waals surface area contributed by atoms with Crippen molar-refractivity contribution < 1.29 is 13.9 Å². The van der Waals surface area contributed by atoms with Gasteiger partial charge in [0, 0.05) is 0 Å². The molecule has 0 aliphatic heterocycles. The maximum Gasteiger partial charge on any atom is 0.437 e. The lowest BCUT2D eigenvalue weighted by Gasteiger charge is -2.05. The van der Waals surface area contributed by atoms with Crippen molar-refractivity contribution in [2.24, 2.45) is 16.5 Å². The van der Waals surface area contributed by atoms with Crippen LogP contribution in [0, 0.1) is 12.7 Å². The van der Waals surface area contributed by atoms with Gasteiger partial charge in [0.25, 0.3) is 0 Å². The van der Waals surface area contributed by atoms with Gasteiger partial charge in [0.05, 0.1) is 0 Å². The molecule has 1 rings (SSSR count). The van der Waals surface area contributed by atoms with Crippen LogP contribution in [0.2, 0.25) is 0 Å². The maximum atomic E-state index is 12.9. The summed E-state index contributed by atoms with van der Waals surface area (Å²) in [5, 5.41) is 0. The van der Waals surface area contributed by atoms with Crippen molar-refractivity contribution in [1.82, 2.24) is 0 Å². The normalized spacial score (nSPS) is 9.62. The molecule has 1 aromatic rings. The highest BCUT2D eigenvalue weighted by molar-refractivity contribution is 5.87. The molecule has 0 spiro atoms. The van der Waals surface area contributed by atoms with E-state index in [1.54, 1.807) is 13.0 Å². The van der Waals surface area contributed by atoms with Gasteiger partial charge in [0.1, 0.15) is 12.4 Å². The fourth-order valence-electron chi connectivity index (χ4n) is 1.07. The van der Waals surface area contributed by atoms with E-state index in [4.69, 9.17) is 16.2 Å². The van der Waals surface area contributed by atoms with Gasteiger partial charge >= 0.3 is 6.09 Å². The first kappa shape index (κ1) is 12.0. The van der Waals surface area contributed by atoms with Crippen LogP contribution >= 0.6 is 0 Å². The van der Waals surface area contributed by atoms with Crippen molar-refractivity contribution in [2.45, 2.75) is 13.5 Å². The summed E-state index contributed by atoms with van der Waals surface area (Å²) in [6.07, 6.45) is -0.899. The van der Waals surface area contributed by atoms with Crippen LogP contribution in [-0.4, -0.2) is 12.1 Å². The van der Waals surface area contributed by atoms with Gasteiger partial charge in [-0.05, 0) is 30.2 Å². The SMILES string of the molecule is Cc1ccc(F)cc1COC(=O)N=C(N)N. The molecule has 0 fully saturated rings. The van der Waals surface area contributed by atoms with E-state index >= 15 is 0 Å². The third-order valence-corrected chi connectivity index (χ3v) is 1.88. The van der Waals surface area contributed by atoms with Crippen molar-refractivity contribution in [3.05, 3.63) is 35.1 Å². The number of hydrogen-bond acceptors (Lipinski definition) is 2. The van der Waals surface area contributed by atoms with E-state index in [-0.39, 0.29) is 12.6 Å². The average molecular weight is 225 g/mol. The number of nitrogens with zero attached hydrogens (tertiary/aromatic N) is 1. The zero-order chi connectivity index (χ0) is 12.1. The Balaban J connectivity index is 2.64. The first-order chi connectivity index (χ1) is 7.49. The van der Waals surface area contributed by atoms with Crippen LogP contribution in [0.25, 0.3) is 0 Å². The molecule has 0 aliphatic rings. The van der Waals surface area contributed by atoms with Gasteiger partial charge in [0.2, 0.25) is 0 Å². The summed E-state index contributed by atoms with van der Waals surface area (Å²) in [6.45, 7) is 1.71. The summed E-state index contributed by atoms with van der Waals surface area (Å²) >= 11 is 0. The number of amides is 1. The molecule has 0 heterocycles. The number of halogens is 1. The minimum absolute atomic E-state index is 0.0702. The summed E-state index contributed by atoms with van der Waals surface area (Å²) in [7, 11) is 0. The monoisotopic (exact) mass is 225 g/mol. The van der Waals surface area contributed by atoms with Crippen molar-refractivity contribution in [1.29, 1.82) is 0 Å². The van der Waals surface area contributed by atoms with Gasteiger partial charge in [-0.3, -0.25) is 0 Å². The number of guanidine groups is 1. The number of hydrogen-bond donors (Lipinski definition) is 2. The van der Waals surface area contributed by atoms with Gasteiger partial charge in [-0.15, -0.1) is 4.99 Å². The number of aryl methyl sites for hydroxylation is 1. The lowest BCUT2D eigenvalue weighted by atomic mass is 10.1. The summed E-state index contributed by atoms with van der Waals surface area (Å²) < 4.78 is 17.6. The molecule has 0 bridgehead atoms. The van der Waals surface area contributed by atoms with Crippen LogP contribution in [0.1, 0.15) is 11.1 Å². The standard InChI is InChI=1S/C10H12FN3O2/c1-6-2-3-8(11)4-7(6)5-16-10(15)14-9(12)13/h2-4H,5H2,1H3,(H4,12,13,14,15). The smallest absolute Gasteiger partial charge is 0.437 e. The number of carbonyl (C=O) groups excluding carboxylic acids is 1. The summed E-state index contributed by atoms with van der Waals surface area (Å²) in [6, 6.07) is 4.22. The molecular formula is C10H12FN3O2. The number of benzene rings is 1. The second-order valence-corrected chi connectivity index (χ2v) is 3.16. The minimum atomic E-state index is -0.899. The first-order valence-corrected chi connectivity index (χ1v) is 4.50. The zero-order valence-electron chi connectivity index (χ0n) is 8.74. The van der Waals surface area contributed by atoms with Crippen molar-refractivity contribution >= 4 is 12.1 Å². The summed E-state index contributed by atoms with van der Waals surface area (Å²) in [5.41, 5.74) is 11.4. The third-order valence-electron chi connectivity index (χ3n) is 1.88. The highest BCUT2D eigenvalue weighted by Gasteiger charge is 2.04. The Morgan fingerprint density at radius 2 is 2.19 bits per heavy atom. The highest BCUT2D eigenvalue weighted by atomic mass is 19.1. The van der Waals surface area contributed by atoms with Gasteiger partial charge in [-0.25, -0.2) is 9.18 Å². The van der Waals surface area contributed by atoms with Gasteiger partial charge < -0.3 is 16.2 Å². The molecule has 0 atom stereocenters. The molecule has 5 nitrogen and oxygen atoms in total. The van der Waals surface area contributed by atoms with E-state index in [0.717, 1.165) is 5.56 Å². The van der Waals surface area contributed by atoms with Gasteiger partial charge in [0.15, 0.2) is 5.96 Å². The largest absolute Gasteiger partial charge is 0.443 e. The quantitative estimate of drug-likeness (QED) is 0.581. The van der Waals surface area contributed by atoms with Crippen LogP contribution in [0.3, 0.4) is 0 Å². The lowest BCUT2D eigenvalue weighted by molar-refractivity contribution is 0.150. The van der Waals surface area contributed by atoms with Gasteiger partial charge in [-0.2, -0.15) is 0 Å². The Bertz CT molecular complexity index is 428. The van der Waals surface area contributed by atoms with Crippen molar-refractivity contribution in [3.8, 4) is 0 Å². The molecule has 0 aliphatic carbocycles.